The minimum absolute atomic E-state index is 0.00781. The first-order valence-corrected chi connectivity index (χ1v) is 11.8. The molecule has 1 aromatic rings. The number of benzene rings is 1. The zero-order chi connectivity index (χ0) is 22.1. The molecule has 2 aliphatic heterocycles. The highest BCUT2D eigenvalue weighted by Gasteiger charge is 2.41. The highest BCUT2D eigenvalue weighted by molar-refractivity contribution is 7.89. The van der Waals surface area contributed by atoms with E-state index in [1.807, 2.05) is 20.8 Å². The molecule has 9 heteroatoms. The maximum Gasteiger partial charge on any atom is 0.240 e. The van der Waals surface area contributed by atoms with E-state index in [1.54, 1.807) is 21.9 Å². The van der Waals surface area contributed by atoms with Crippen LogP contribution in [0.3, 0.4) is 0 Å². The molecule has 1 atom stereocenters. The number of likely N-dealkylation sites (tertiary alicyclic amines) is 2. The number of methoxy groups -OCH3 is 1. The van der Waals surface area contributed by atoms with Gasteiger partial charge >= 0.3 is 0 Å². The molecule has 166 valence electrons. The summed E-state index contributed by atoms with van der Waals surface area (Å²) in [5.74, 6) is 0.287. The quantitative estimate of drug-likeness (QED) is 0.755. The van der Waals surface area contributed by atoms with Crippen molar-refractivity contribution in [1.29, 1.82) is 0 Å². The van der Waals surface area contributed by atoms with Gasteiger partial charge in [-0.1, -0.05) is 0 Å². The van der Waals surface area contributed by atoms with Gasteiger partial charge in [0.2, 0.25) is 21.8 Å². The third kappa shape index (κ3) is 4.95. The van der Waals surface area contributed by atoms with Gasteiger partial charge in [-0.3, -0.25) is 9.59 Å². The van der Waals surface area contributed by atoms with Crippen LogP contribution in [0.25, 0.3) is 0 Å². The Hall–Kier alpha value is -2.13. The monoisotopic (exact) mass is 437 g/mol. The second-order valence-corrected chi connectivity index (χ2v) is 10.7. The maximum absolute atomic E-state index is 12.9. The third-order valence-electron chi connectivity index (χ3n) is 5.78. The first kappa shape index (κ1) is 22.6. The number of piperidine rings is 1. The van der Waals surface area contributed by atoms with Gasteiger partial charge in [0, 0.05) is 37.6 Å². The van der Waals surface area contributed by atoms with Crippen LogP contribution >= 0.6 is 0 Å². The molecule has 2 fully saturated rings. The summed E-state index contributed by atoms with van der Waals surface area (Å²) in [5, 5.41) is 0. The molecule has 0 saturated carbocycles. The number of nitrogens with zero attached hydrogens (tertiary/aromatic N) is 2. The van der Waals surface area contributed by atoms with E-state index in [1.165, 1.54) is 19.2 Å². The topological polar surface area (TPSA) is 96.0 Å². The van der Waals surface area contributed by atoms with E-state index in [9.17, 15) is 18.0 Å². The van der Waals surface area contributed by atoms with Crippen molar-refractivity contribution in [2.45, 2.75) is 56.5 Å². The van der Waals surface area contributed by atoms with Gasteiger partial charge in [-0.2, -0.15) is 0 Å². The molecule has 0 bridgehead atoms. The Kier molecular flexibility index (Phi) is 6.43. The molecule has 0 aromatic heterocycles. The summed E-state index contributed by atoms with van der Waals surface area (Å²) in [7, 11) is -2.10. The number of hydrogen-bond donors (Lipinski definition) is 1. The number of nitrogens with one attached hydrogen (secondary N) is 1. The number of rotatable bonds is 5. The predicted molar refractivity (Wildman–Crippen MR) is 112 cm³/mol. The van der Waals surface area contributed by atoms with Crippen LogP contribution in [0, 0.1) is 5.92 Å². The highest BCUT2D eigenvalue weighted by Crippen LogP contribution is 2.28. The number of ether oxygens (including phenoxy) is 1. The Labute approximate surface area is 178 Å². The lowest BCUT2D eigenvalue weighted by atomic mass is 10.0. The van der Waals surface area contributed by atoms with E-state index >= 15 is 0 Å². The number of amides is 2. The van der Waals surface area contributed by atoms with Gasteiger partial charge in [0.05, 0.1) is 17.9 Å². The van der Waals surface area contributed by atoms with E-state index in [2.05, 4.69) is 4.72 Å². The molecular formula is C21H31N3O5S. The summed E-state index contributed by atoms with van der Waals surface area (Å²) in [4.78, 5) is 28.9. The van der Waals surface area contributed by atoms with Crippen molar-refractivity contribution in [3.63, 3.8) is 0 Å². The lowest BCUT2D eigenvalue weighted by molar-refractivity contribution is -0.136. The molecule has 2 aliphatic rings. The van der Waals surface area contributed by atoms with Crippen LogP contribution in [0.1, 0.15) is 40.0 Å². The Morgan fingerprint density at radius 3 is 2.23 bits per heavy atom. The Morgan fingerprint density at radius 1 is 1.13 bits per heavy atom. The van der Waals surface area contributed by atoms with Crippen LogP contribution in [0.2, 0.25) is 0 Å². The number of carbonyl (C=O) groups is 2. The van der Waals surface area contributed by atoms with Crippen LogP contribution in [0.5, 0.6) is 5.75 Å². The Bertz CT molecular complexity index is 884. The van der Waals surface area contributed by atoms with Gasteiger partial charge in [-0.25, -0.2) is 13.1 Å². The molecule has 1 aromatic carbocycles. The first-order chi connectivity index (χ1) is 14.0. The van der Waals surface area contributed by atoms with Crippen molar-refractivity contribution in [3.8, 4) is 5.75 Å². The second kappa shape index (κ2) is 8.55. The van der Waals surface area contributed by atoms with Crippen molar-refractivity contribution in [2.75, 3.05) is 26.7 Å². The smallest absolute Gasteiger partial charge is 0.240 e. The van der Waals surface area contributed by atoms with Crippen LogP contribution in [-0.2, 0) is 19.6 Å². The fraction of sp³-hybridized carbons (Fsp3) is 0.619. The SMILES string of the molecule is COc1ccc(S(=O)(=O)NC2CCN(C(=O)C3CC(=O)N(C(C)(C)C)C3)CC2)cc1. The molecule has 0 spiro atoms. The molecule has 30 heavy (non-hydrogen) atoms. The molecule has 1 N–H and O–H groups in total. The predicted octanol–water partition coefficient (Wildman–Crippen LogP) is 1.61. The lowest BCUT2D eigenvalue weighted by Gasteiger charge is -2.34. The highest BCUT2D eigenvalue weighted by atomic mass is 32.2. The van der Waals surface area contributed by atoms with Crippen LogP contribution in [0.15, 0.2) is 29.2 Å². The van der Waals surface area contributed by atoms with Crippen LogP contribution < -0.4 is 9.46 Å². The van der Waals surface area contributed by atoms with E-state index in [0.29, 0.717) is 38.2 Å². The zero-order valence-electron chi connectivity index (χ0n) is 18.1. The maximum atomic E-state index is 12.9. The van der Waals surface area contributed by atoms with E-state index in [-0.39, 0.29) is 40.6 Å². The third-order valence-corrected chi connectivity index (χ3v) is 7.32. The summed E-state index contributed by atoms with van der Waals surface area (Å²) >= 11 is 0. The molecule has 0 radical (unpaired) electrons. The molecule has 3 rings (SSSR count). The zero-order valence-corrected chi connectivity index (χ0v) is 18.9. The average molecular weight is 438 g/mol. The number of sulfonamides is 1. The van der Waals surface area contributed by atoms with Gasteiger partial charge in [0.1, 0.15) is 5.75 Å². The van der Waals surface area contributed by atoms with Crippen molar-refractivity contribution in [1.82, 2.24) is 14.5 Å². The fourth-order valence-electron chi connectivity index (χ4n) is 4.04. The standard InChI is InChI=1S/C21H31N3O5S/c1-21(2,3)24-14-15(13-19(24)25)20(26)23-11-9-16(10-12-23)22-30(27,28)18-7-5-17(29-4)6-8-18/h5-8,15-16,22H,9-14H2,1-4H3. The average Bonchev–Trinajstić information content (AvgIpc) is 3.10. The van der Waals surface area contributed by atoms with Gasteiger partial charge in [-0.15, -0.1) is 0 Å². The van der Waals surface area contributed by atoms with Crippen molar-refractivity contribution in [3.05, 3.63) is 24.3 Å². The summed E-state index contributed by atoms with van der Waals surface area (Å²) in [6.45, 7) is 7.32. The largest absolute Gasteiger partial charge is 0.497 e. The molecule has 0 aliphatic carbocycles. The molecule has 8 nitrogen and oxygen atoms in total. The van der Waals surface area contributed by atoms with Crippen molar-refractivity contribution >= 4 is 21.8 Å². The molecule has 2 amide bonds. The number of carbonyl (C=O) groups excluding carboxylic acids is 2. The summed E-state index contributed by atoms with van der Waals surface area (Å²) in [5.41, 5.74) is -0.293. The van der Waals surface area contributed by atoms with Gasteiger partial charge in [0.15, 0.2) is 0 Å². The van der Waals surface area contributed by atoms with E-state index in [4.69, 9.17) is 4.74 Å². The van der Waals surface area contributed by atoms with Gasteiger partial charge < -0.3 is 14.5 Å². The summed E-state index contributed by atoms with van der Waals surface area (Å²) in [6, 6.07) is 6.02. The van der Waals surface area contributed by atoms with Crippen molar-refractivity contribution < 1.29 is 22.7 Å². The molecular weight excluding hydrogens is 406 g/mol. The van der Waals surface area contributed by atoms with Crippen LogP contribution in [0.4, 0.5) is 0 Å². The van der Waals surface area contributed by atoms with Gasteiger partial charge in [0.25, 0.3) is 0 Å². The molecule has 2 saturated heterocycles. The fourth-order valence-corrected chi connectivity index (χ4v) is 5.34. The Morgan fingerprint density at radius 2 is 1.73 bits per heavy atom. The molecule has 1 unspecified atom stereocenters. The lowest BCUT2D eigenvalue weighted by Crippen LogP contribution is -2.48. The second-order valence-electron chi connectivity index (χ2n) is 8.97. The summed E-state index contributed by atoms with van der Waals surface area (Å²) in [6.07, 6.45) is 1.34. The summed E-state index contributed by atoms with van der Waals surface area (Å²) < 4.78 is 33.0. The normalized spacial score (nSPS) is 21.2. The van der Waals surface area contributed by atoms with Crippen molar-refractivity contribution in [2.24, 2.45) is 5.92 Å². The van der Waals surface area contributed by atoms with E-state index in [0.717, 1.165) is 0 Å². The van der Waals surface area contributed by atoms with E-state index < -0.39 is 10.0 Å². The minimum Gasteiger partial charge on any atom is -0.497 e. The number of hydrogen-bond acceptors (Lipinski definition) is 5. The molecule has 2 heterocycles. The van der Waals surface area contributed by atoms with Crippen LogP contribution in [-0.4, -0.2) is 68.4 Å². The first-order valence-electron chi connectivity index (χ1n) is 10.3. The minimum atomic E-state index is -3.63. The van der Waals surface area contributed by atoms with Gasteiger partial charge in [-0.05, 0) is 57.9 Å². The Balaban J connectivity index is 1.54.